The summed E-state index contributed by atoms with van der Waals surface area (Å²) in [5, 5.41) is 11.1. The van der Waals surface area contributed by atoms with E-state index in [1.54, 1.807) is 36.4 Å². The Balaban J connectivity index is 0.000000295. The van der Waals surface area contributed by atoms with Gasteiger partial charge >= 0.3 is 58.1 Å². The molecule has 0 saturated heterocycles. The van der Waals surface area contributed by atoms with Gasteiger partial charge in [0.05, 0.1) is 12.7 Å². The average molecular weight is 432 g/mol. The Bertz CT molecular complexity index is 722. The SMILES string of the molecule is COC(=O)c1ccc2cc(O)ccc2c1.[CH3][SnH]([CH3])[NH][SH](=O)=O. The molecular weight excluding hydrogens is 413 g/mol. The van der Waals surface area contributed by atoms with Gasteiger partial charge in [-0.2, -0.15) is 0 Å². The fraction of sp³-hybridized carbons (Fsp3) is 0.214. The number of aromatic hydroxyl groups is 1. The number of thiol groups is 1. The molecule has 2 rings (SSSR count). The van der Waals surface area contributed by atoms with E-state index in [9.17, 15) is 18.3 Å². The fourth-order valence-electron chi connectivity index (χ4n) is 1.69. The number of rotatable bonds is 3. The molecule has 22 heavy (non-hydrogen) atoms. The Hall–Kier alpha value is -1.32. The van der Waals surface area contributed by atoms with Crippen molar-refractivity contribution < 1.29 is 23.1 Å². The Morgan fingerprint density at radius 2 is 1.73 bits per heavy atom. The molecule has 2 aromatic carbocycles. The predicted molar refractivity (Wildman–Crippen MR) is 89.3 cm³/mol. The first-order valence-electron chi connectivity index (χ1n) is 6.55. The van der Waals surface area contributed by atoms with Gasteiger partial charge in [-0.25, -0.2) is 4.79 Å². The summed E-state index contributed by atoms with van der Waals surface area (Å²) >= 11 is -1.64. The Morgan fingerprint density at radius 1 is 1.14 bits per heavy atom. The van der Waals surface area contributed by atoms with Crippen LogP contribution >= 0.6 is 0 Å². The zero-order chi connectivity index (χ0) is 16.7. The minimum absolute atomic E-state index is 0.216. The molecule has 0 spiro atoms. The molecule has 0 radical (unpaired) electrons. The van der Waals surface area contributed by atoms with Crippen molar-refractivity contribution in [3.63, 3.8) is 0 Å². The van der Waals surface area contributed by atoms with Gasteiger partial charge in [-0.05, 0) is 35.0 Å². The van der Waals surface area contributed by atoms with Gasteiger partial charge in [0.15, 0.2) is 0 Å². The number of ether oxygens (including phenoxy) is 1. The van der Waals surface area contributed by atoms with Gasteiger partial charge in [-0.15, -0.1) is 0 Å². The van der Waals surface area contributed by atoms with E-state index >= 15 is 0 Å². The molecular formula is C14H19NO5SSn. The molecule has 0 unspecified atom stereocenters. The van der Waals surface area contributed by atoms with E-state index in [1.165, 1.54) is 7.11 Å². The molecule has 6 nitrogen and oxygen atoms in total. The first kappa shape index (κ1) is 18.7. The third-order valence-electron chi connectivity index (χ3n) is 2.61. The second-order valence-corrected chi connectivity index (χ2v) is 14.4. The van der Waals surface area contributed by atoms with Gasteiger partial charge in [0, 0.05) is 0 Å². The molecule has 0 amide bonds. The molecule has 0 fully saturated rings. The molecule has 0 aliphatic rings. The van der Waals surface area contributed by atoms with Crippen molar-refractivity contribution in [3.8, 4) is 5.75 Å². The van der Waals surface area contributed by atoms with Crippen molar-refractivity contribution in [1.82, 2.24) is 2.94 Å². The van der Waals surface area contributed by atoms with Gasteiger partial charge < -0.3 is 9.84 Å². The van der Waals surface area contributed by atoms with Crippen LogP contribution in [0.4, 0.5) is 0 Å². The van der Waals surface area contributed by atoms with Crippen LogP contribution in [0.2, 0.25) is 9.88 Å². The summed E-state index contributed by atoms with van der Waals surface area (Å²) in [5.74, 6) is -0.140. The number of benzene rings is 2. The normalized spacial score (nSPS) is 10.4. The van der Waals surface area contributed by atoms with Crippen LogP contribution in [-0.2, 0) is 15.6 Å². The summed E-state index contributed by atoms with van der Waals surface area (Å²) in [4.78, 5) is 15.2. The van der Waals surface area contributed by atoms with Gasteiger partial charge in [0.1, 0.15) is 5.75 Å². The van der Waals surface area contributed by atoms with Crippen LogP contribution < -0.4 is 2.94 Å². The number of phenolic OH excluding ortho intramolecular Hbond substituents is 1. The molecule has 2 aromatic rings. The van der Waals surface area contributed by atoms with Crippen LogP contribution in [0.1, 0.15) is 10.4 Å². The summed E-state index contributed by atoms with van der Waals surface area (Å²) in [5.41, 5.74) is 0.510. The van der Waals surface area contributed by atoms with Crippen LogP contribution in [0.25, 0.3) is 10.8 Å². The van der Waals surface area contributed by atoms with Crippen LogP contribution in [-0.4, -0.2) is 46.6 Å². The van der Waals surface area contributed by atoms with Gasteiger partial charge in [-0.3, -0.25) is 0 Å². The standard InChI is InChI=1S/C12H10O3.2CH3.H2NO2S.Sn.H/c1-15-12(14)10-3-2-9-7-11(13)5-4-8(9)6-10;;;1-4(2)3;;/h2-7,13H,1H3;2*1H3;4H,(H-,1,2,3);;/q;;;-1;+1;. The average Bonchev–Trinajstić information content (AvgIpc) is 2.45. The van der Waals surface area contributed by atoms with E-state index in [1.807, 2.05) is 9.88 Å². The van der Waals surface area contributed by atoms with Crippen LogP contribution in [0, 0.1) is 0 Å². The zero-order valence-electron chi connectivity index (χ0n) is 12.6. The Kier molecular flexibility index (Phi) is 7.63. The zero-order valence-corrected chi connectivity index (χ0v) is 16.8. The maximum absolute atomic E-state index is 11.3. The van der Waals surface area contributed by atoms with Crippen molar-refractivity contribution in [1.29, 1.82) is 0 Å². The number of fused-ring (bicyclic) bond motifs is 1. The Morgan fingerprint density at radius 3 is 2.23 bits per heavy atom. The molecule has 0 aliphatic carbocycles. The van der Waals surface area contributed by atoms with E-state index in [4.69, 9.17) is 0 Å². The second-order valence-electron chi connectivity index (χ2n) is 4.78. The minimum atomic E-state index is -2.30. The van der Waals surface area contributed by atoms with Crippen molar-refractivity contribution in [2.75, 3.05) is 7.11 Å². The summed E-state index contributed by atoms with van der Waals surface area (Å²) < 4.78 is 26.7. The van der Waals surface area contributed by atoms with Crippen LogP contribution in [0.5, 0.6) is 5.75 Å². The summed E-state index contributed by atoms with van der Waals surface area (Å²) in [6, 6.07) is 10.2. The van der Waals surface area contributed by atoms with E-state index in [0.717, 1.165) is 10.8 Å². The number of hydrogen-bond donors (Lipinski definition) is 3. The van der Waals surface area contributed by atoms with E-state index < -0.39 is 30.9 Å². The molecule has 0 aliphatic heterocycles. The van der Waals surface area contributed by atoms with E-state index in [-0.39, 0.29) is 11.7 Å². The van der Waals surface area contributed by atoms with Crippen LogP contribution in [0.3, 0.4) is 0 Å². The number of carbonyl (C=O) groups excluding carboxylic acids is 1. The van der Waals surface area contributed by atoms with Crippen LogP contribution in [0.15, 0.2) is 36.4 Å². The topological polar surface area (TPSA) is 92.7 Å². The van der Waals surface area contributed by atoms with Crippen molar-refractivity contribution in [3.05, 3.63) is 42.0 Å². The van der Waals surface area contributed by atoms with E-state index in [2.05, 4.69) is 7.68 Å². The Labute approximate surface area is 138 Å². The number of methoxy groups -OCH3 is 1. The molecule has 0 aromatic heterocycles. The van der Waals surface area contributed by atoms with Crippen molar-refractivity contribution in [2.24, 2.45) is 0 Å². The second kappa shape index (κ2) is 8.96. The predicted octanol–water partition coefficient (Wildman–Crippen LogP) is 1.42. The summed E-state index contributed by atoms with van der Waals surface area (Å²) in [6.07, 6.45) is 0. The molecule has 120 valence electrons. The number of nitrogens with one attached hydrogen (secondary N) is 1. The van der Waals surface area contributed by atoms with Crippen molar-refractivity contribution >= 4 is 47.7 Å². The number of esters is 1. The summed E-state index contributed by atoms with van der Waals surface area (Å²) in [7, 11) is -0.946. The molecule has 2 N–H and O–H groups in total. The third kappa shape index (κ3) is 6.20. The fourth-order valence-corrected chi connectivity index (χ4v) is 5.72. The maximum atomic E-state index is 11.3. The van der Waals surface area contributed by atoms with Crippen molar-refractivity contribution in [2.45, 2.75) is 9.88 Å². The monoisotopic (exact) mass is 433 g/mol. The summed E-state index contributed by atoms with van der Waals surface area (Å²) in [6.45, 7) is 0. The molecule has 0 atom stereocenters. The molecule has 8 heteroatoms. The first-order valence-corrected chi connectivity index (χ1v) is 16.0. The molecule has 0 bridgehead atoms. The number of carbonyl (C=O) groups is 1. The first-order chi connectivity index (χ1) is 10.3. The van der Waals surface area contributed by atoms with Gasteiger partial charge in [-0.1, -0.05) is 12.1 Å². The quantitative estimate of drug-likeness (QED) is 0.388. The number of hydrogen-bond acceptors (Lipinski definition) is 5. The van der Waals surface area contributed by atoms with Gasteiger partial charge in [0.2, 0.25) is 0 Å². The molecule has 0 saturated carbocycles. The molecule has 0 heterocycles. The van der Waals surface area contributed by atoms with E-state index in [0.29, 0.717) is 5.56 Å². The third-order valence-corrected chi connectivity index (χ3v) is 9.56. The number of phenols is 1. The van der Waals surface area contributed by atoms with Gasteiger partial charge in [0.25, 0.3) is 0 Å².